The van der Waals surface area contributed by atoms with Crippen molar-refractivity contribution in [2.75, 3.05) is 6.54 Å². The molecule has 0 aromatic carbocycles. The number of nitrogens with zero attached hydrogens (tertiary/aromatic N) is 2. The number of halogens is 1. The molecule has 1 aromatic rings. The molecule has 0 saturated heterocycles. The molecule has 1 saturated carbocycles. The van der Waals surface area contributed by atoms with Crippen molar-refractivity contribution in [3.05, 3.63) is 16.9 Å². The molecule has 0 spiro atoms. The van der Waals surface area contributed by atoms with E-state index >= 15 is 0 Å². The summed E-state index contributed by atoms with van der Waals surface area (Å²) in [6.45, 7) is 5.14. The summed E-state index contributed by atoms with van der Waals surface area (Å²) in [7, 11) is 0. The number of nitrogens with one attached hydrogen (secondary N) is 1. The fourth-order valence-electron chi connectivity index (χ4n) is 1.56. The zero-order chi connectivity index (χ0) is 10.1. The van der Waals surface area contributed by atoms with E-state index in [9.17, 15) is 0 Å². The van der Waals surface area contributed by atoms with E-state index in [4.69, 9.17) is 11.6 Å². The number of hydrogen-bond acceptors (Lipinski definition) is 2. The maximum absolute atomic E-state index is 5.94. The molecule has 78 valence electrons. The molecule has 14 heavy (non-hydrogen) atoms. The van der Waals surface area contributed by atoms with Gasteiger partial charge in [0.1, 0.15) is 0 Å². The lowest BCUT2D eigenvalue weighted by molar-refractivity contribution is 0.444. The van der Waals surface area contributed by atoms with Crippen LogP contribution in [0.2, 0.25) is 5.02 Å². The number of rotatable bonds is 4. The molecule has 1 atom stereocenters. The summed E-state index contributed by atoms with van der Waals surface area (Å²) in [4.78, 5) is 0. The van der Waals surface area contributed by atoms with Crippen LogP contribution in [0, 0.1) is 6.92 Å². The topological polar surface area (TPSA) is 29.9 Å². The molecule has 2 rings (SSSR count). The highest BCUT2D eigenvalue weighted by atomic mass is 35.5. The lowest BCUT2D eigenvalue weighted by atomic mass is 10.3. The van der Waals surface area contributed by atoms with Gasteiger partial charge < -0.3 is 5.32 Å². The van der Waals surface area contributed by atoms with Gasteiger partial charge in [-0.15, -0.1) is 0 Å². The zero-order valence-corrected chi connectivity index (χ0v) is 9.38. The average Bonchev–Trinajstić information content (AvgIpc) is 2.92. The van der Waals surface area contributed by atoms with Crippen LogP contribution in [0.5, 0.6) is 0 Å². The summed E-state index contributed by atoms with van der Waals surface area (Å²) in [6, 6.07) is 1.13. The van der Waals surface area contributed by atoms with Crippen LogP contribution in [0.15, 0.2) is 6.20 Å². The van der Waals surface area contributed by atoms with Gasteiger partial charge in [0.15, 0.2) is 0 Å². The van der Waals surface area contributed by atoms with Crippen molar-refractivity contribution in [3.63, 3.8) is 0 Å². The van der Waals surface area contributed by atoms with Gasteiger partial charge in [-0.2, -0.15) is 5.10 Å². The van der Waals surface area contributed by atoms with E-state index in [0.717, 1.165) is 23.3 Å². The first-order chi connectivity index (χ1) is 6.68. The van der Waals surface area contributed by atoms with Gasteiger partial charge in [0.05, 0.1) is 23.0 Å². The second kappa shape index (κ2) is 3.91. The van der Waals surface area contributed by atoms with Crippen LogP contribution in [0.4, 0.5) is 0 Å². The second-order valence-electron chi connectivity index (χ2n) is 4.05. The Kier molecular flexibility index (Phi) is 2.79. The van der Waals surface area contributed by atoms with Crippen LogP contribution in [0.3, 0.4) is 0 Å². The third-order valence-corrected chi connectivity index (χ3v) is 3.05. The van der Waals surface area contributed by atoms with Gasteiger partial charge in [-0.3, -0.25) is 4.68 Å². The maximum Gasteiger partial charge on any atom is 0.0815 e. The number of aromatic nitrogens is 2. The third kappa shape index (κ3) is 2.10. The van der Waals surface area contributed by atoms with Crippen molar-refractivity contribution in [2.24, 2.45) is 0 Å². The summed E-state index contributed by atoms with van der Waals surface area (Å²) >= 11 is 5.94. The standard InChI is InChI=1S/C10H16ClN3/c1-7(5-12-9-3-4-9)14-8(2)10(11)6-13-14/h6-7,9,12H,3-5H2,1-2H3. The SMILES string of the molecule is Cc1c(Cl)cnn1C(C)CNC1CC1. The predicted octanol–water partition coefficient (Wildman–Crippen LogP) is 2.16. The molecule has 1 heterocycles. The van der Waals surface area contributed by atoms with Gasteiger partial charge in [-0.05, 0) is 26.7 Å². The zero-order valence-electron chi connectivity index (χ0n) is 8.63. The summed E-state index contributed by atoms with van der Waals surface area (Å²) in [5.41, 5.74) is 1.05. The Morgan fingerprint density at radius 1 is 1.71 bits per heavy atom. The van der Waals surface area contributed by atoms with E-state index in [0.29, 0.717) is 6.04 Å². The minimum absolute atomic E-state index is 0.378. The van der Waals surface area contributed by atoms with E-state index in [1.54, 1.807) is 6.20 Å². The first-order valence-corrected chi connectivity index (χ1v) is 5.49. The molecule has 4 heteroatoms. The molecule has 1 fully saturated rings. The molecular formula is C10H16ClN3. The van der Waals surface area contributed by atoms with Crippen LogP contribution in [0.1, 0.15) is 31.5 Å². The molecule has 1 N–H and O–H groups in total. The Balaban J connectivity index is 1.95. The largest absolute Gasteiger partial charge is 0.312 e. The van der Waals surface area contributed by atoms with Crippen molar-refractivity contribution in [3.8, 4) is 0 Å². The summed E-state index contributed by atoms with van der Waals surface area (Å²) < 4.78 is 1.98. The Labute approximate surface area is 89.4 Å². The number of hydrogen-bond donors (Lipinski definition) is 1. The van der Waals surface area contributed by atoms with Crippen LogP contribution in [-0.4, -0.2) is 22.4 Å². The third-order valence-electron chi connectivity index (χ3n) is 2.68. The summed E-state index contributed by atoms with van der Waals surface area (Å²) in [6.07, 6.45) is 4.36. The van der Waals surface area contributed by atoms with Crippen molar-refractivity contribution in [1.29, 1.82) is 0 Å². The van der Waals surface area contributed by atoms with Gasteiger partial charge in [0, 0.05) is 12.6 Å². The fraction of sp³-hybridized carbons (Fsp3) is 0.700. The second-order valence-corrected chi connectivity index (χ2v) is 4.46. The Morgan fingerprint density at radius 2 is 2.43 bits per heavy atom. The molecule has 1 aliphatic rings. The Bertz CT molecular complexity index is 317. The van der Waals surface area contributed by atoms with Crippen LogP contribution < -0.4 is 5.32 Å². The molecule has 0 amide bonds. The average molecular weight is 214 g/mol. The first-order valence-electron chi connectivity index (χ1n) is 5.11. The van der Waals surface area contributed by atoms with E-state index in [2.05, 4.69) is 17.3 Å². The highest BCUT2D eigenvalue weighted by Gasteiger charge is 2.21. The Morgan fingerprint density at radius 3 is 2.93 bits per heavy atom. The highest BCUT2D eigenvalue weighted by molar-refractivity contribution is 6.31. The van der Waals surface area contributed by atoms with Crippen LogP contribution >= 0.6 is 11.6 Å². The van der Waals surface area contributed by atoms with Crippen LogP contribution in [-0.2, 0) is 0 Å². The smallest absolute Gasteiger partial charge is 0.0815 e. The van der Waals surface area contributed by atoms with E-state index in [-0.39, 0.29) is 0 Å². The maximum atomic E-state index is 5.94. The minimum atomic E-state index is 0.378. The van der Waals surface area contributed by atoms with E-state index in [1.807, 2.05) is 11.6 Å². The molecular weight excluding hydrogens is 198 g/mol. The lowest BCUT2D eigenvalue weighted by Gasteiger charge is -2.14. The Hall–Kier alpha value is -0.540. The summed E-state index contributed by atoms with van der Waals surface area (Å²) in [5, 5.41) is 8.50. The van der Waals surface area contributed by atoms with Gasteiger partial charge >= 0.3 is 0 Å². The van der Waals surface area contributed by atoms with Crippen molar-refractivity contribution >= 4 is 11.6 Å². The van der Waals surface area contributed by atoms with Crippen molar-refractivity contribution < 1.29 is 0 Å². The predicted molar refractivity (Wildman–Crippen MR) is 57.7 cm³/mol. The van der Waals surface area contributed by atoms with E-state index < -0.39 is 0 Å². The quantitative estimate of drug-likeness (QED) is 0.831. The van der Waals surface area contributed by atoms with Crippen LogP contribution in [0.25, 0.3) is 0 Å². The lowest BCUT2D eigenvalue weighted by Crippen LogP contribution is -2.26. The van der Waals surface area contributed by atoms with Gasteiger partial charge in [-0.1, -0.05) is 11.6 Å². The normalized spacial score (nSPS) is 18.5. The van der Waals surface area contributed by atoms with Crippen molar-refractivity contribution in [2.45, 2.75) is 38.8 Å². The molecule has 0 aliphatic heterocycles. The van der Waals surface area contributed by atoms with Gasteiger partial charge in [0.2, 0.25) is 0 Å². The van der Waals surface area contributed by atoms with Crippen molar-refractivity contribution in [1.82, 2.24) is 15.1 Å². The summed E-state index contributed by atoms with van der Waals surface area (Å²) in [5.74, 6) is 0. The van der Waals surface area contributed by atoms with Gasteiger partial charge in [0.25, 0.3) is 0 Å². The molecule has 0 radical (unpaired) electrons. The van der Waals surface area contributed by atoms with Gasteiger partial charge in [-0.25, -0.2) is 0 Å². The van der Waals surface area contributed by atoms with E-state index in [1.165, 1.54) is 12.8 Å². The molecule has 1 unspecified atom stereocenters. The minimum Gasteiger partial charge on any atom is -0.312 e. The first kappa shape index (κ1) is 9.99. The fourth-order valence-corrected chi connectivity index (χ4v) is 1.69. The molecule has 0 bridgehead atoms. The molecule has 1 aliphatic carbocycles. The monoisotopic (exact) mass is 213 g/mol. The highest BCUT2D eigenvalue weighted by Crippen LogP contribution is 2.21. The molecule has 3 nitrogen and oxygen atoms in total. The molecule has 1 aromatic heterocycles.